The van der Waals surface area contributed by atoms with E-state index in [1.165, 1.54) is 12.4 Å². The van der Waals surface area contributed by atoms with E-state index in [1.807, 2.05) is 0 Å². The molecule has 6 nitrogen and oxygen atoms in total. The van der Waals surface area contributed by atoms with Crippen molar-refractivity contribution in [3.63, 3.8) is 0 Å². The third-order valence-electron chi connectivity index (χ3n) is 1.47. The van der Waals surface area contributed by atoms with Gasteiger partial charge in [0.2, 0.25) is 5.78 Å². The monoisotopic (exact) mass is 230 g/mol. The Balaban J connectivity index is 2.66. The zero-order chi connectivity index (χ0) is 11.5. The zero-order valence-corrected chi connectivity index (χ0v) is 9.11. The van der Waals surface area contributed by atoms with Gasteiger partial charge in [0.05, 0.1) is 18.1 Å². The Bertz CT molecular complexity index is 452. The van der Waals surface area contributed by atoms with Crippen molar-refractivity contribution in [2.45, 2.75) is 6.92 Å². The second-order valence-electron chi connectivity index (χ2n) is 2.93. The van der Waals surface area contributed by atoms with Crippen LogP contribution in [0.5, 0.6) is 0 Å². The number of Topliss-reactive ketones (excluding diaryl/α,β-unsaturated/α-hetero) is 1. The molecule has 0 aliphatic heterocycles. The lowest BCUT2D eigenvalue weighted by Gasteiger charge is -2.00. The van der Waals surface area contributed by atoms with Crippen LogP contribution in [0.1, 0.15) is 16.2 Å². The largest absolute Gasteiger partial charge is 0.290 e. The van der Waals surface area contributed by atoms with Gasteiger partial charge in [0.15, 0.2) is 0 Å². The van der Waals surface area contributed by atoms with Crippen LogP contribution in [0.4, 0.5) is 0 Å². The van der Waals surface area contributed by atoms with Crippen LogP contribution in [-0.2, 0) is 14.3 Å². The number of carbonyl (C=O) groups excluding carboxylic acids is 1. The Morgan fingerprint density at radius 1 is 1.40 bits per heavy atom. The number of hydrogen-bond donors (Lipinski definition) is 0. The second-order valence-corrected chi connectivity index (χ2v) is 4.58. The normalized spacial score (nSPS) is 11.3. The van der Waals surface area contributed by atoms with Gasteiger partial charge in [0.25, 0.3) is 10.1 Å². The van der Waals surface area contributed by atoms with E-state index < -0.39 is 22.5 Å². The van der Waals surface area contributed by atoms with Gasteiger partial charge in [0, 0.05) is 6.20 Å². The van der Waals surface area contributed by atoms with E-state index in [1.54, 1.807) is 6.92 Å². The van der Waals surface area contributed by atoms with E-state index in [-0.39, 0.29) is 5.69 Å². The molecule has 0 unspecified atom stereocenters. The lowest BCUT2D eigenvalue weighted by Crippen LogP contribution is -2.14. The fourth-order valence-corrected chi connectivity index (χ4v) is 1.09. The molecule has 0 saturated heterocycles. The Morgan fingerprint density at radius 3 is 2.53 bits per heavy atom. The fourth-order valence-electron chi connectivity index (χ4n) is 0.771. The lowest BCUT2D eigenvalue weighted by molar-refractivity contribution is 0.0920. The highest BCUT2D eigenvalue weighted by Crippen LogP contribution is 1.97. The van der Waals surface area contributed by atoms with Crippen molar-refractivity contribution in [2.75, 3.05) is 12.9 Å². The first-order valence-electron chi connectivity index (χ1n) is 4.05. The molecule has 0 aromatic carbocycles. The molecule has 1 aromatic heterocycles. The summed E-state index contributed by atoms with van der Waals surface area (Å²) in [5.74, 6) is -0.520. The summed E-state index contributed by atoms with van der Waals surface area (Å²) in [5, 5.41) is 0. The van der Waals surface area contributed by atoms with E-state index in [0.717, 1.165) is 6.26 Å². The van der Waals surface area contributed by atoms with Gasteiger partial charge in [-0.3, -0.25) is 14.0 Å². The Labute approximate surface area is 87.4 Å². The SMILES string of the molecule is Cc1cnc(C(=O)COS(C)(=O)=O)cn1. The van der Waals surface area contributed by atoms with Gasteiger partial charge in [-0.1, -0.05) is 0 Å². The summed E-state index contributed by atoms with van der Waals surface area (Å²) in [6.45, 7) is 1.19. The predicted octanol–water partition coefficient (Wildman–Crippen LogP) is -0.0561. The van der Waals surface area contributed by atoms with Gasteiger partial charge in [-0.2, -0.15) is 8.42 Å². The third kappa shape index (κ3) is 4.13. The minimum absolute atomic E-state index is 0.0873. The highest BCUT2D eigenvalue weighted by molar-refractivity contribution is 7.86. The maximum absolute atomic E-state index is 11.3. The standard InChI is InChI=1S/C8H10N2O4S/c1-6-3-10-7(4-9-6)8(11)5-14-15(2,12)13/h3-4H,5H2,1-2H3. The molecular formula is C8H10N2O4S. The van der Waals surface area contributed by atoms with Crippen molar-refractivity contribution >= 4 is 15.9 Å². The van der Waals surface area contributed by atoms with Gasteiger partial charge < -0.3 is 0 Å². The van der Waals surface area contributed by atoms with E-state index in [9.17, 15) is 13.2 Å². The Morgan fingerprint density at radius 2 is 2.07 bits per heavy atom. The second kappa shape index (κ2) is 4.45. The molecule has 0 spiro atoms. The molecule has 0 bridgehead atoms. The van der Waals surface area contributed by atoms with Crippen LogP contribution in [0.25, 0.3) is 0 Å². The molecule has 15 heavy (non-hydrogen) atoms. The number of ketones is 1. The van der Waals surface area contributed by atoms with Crippen molar-refractivity contribution in [3.05, 3.63) is 23.8 Å². The summed E-state index contributed by atoms with van der Waals surface area (Å²) in [6.07, 6.45) is 3.58. The van der Waals surface area contributed by atoms with E-state index in [2.05, 4.69) is 14.2 Å². The molecule has 0 radical (unpaired) electrons. The fraction of sp³-hybridized carbons (Fsp3) is 0.375. The van der Waals surface area contributed by atoms with Crippen LogP contribution in [0.3, 0.4) is 0 Å². The van der Waals surface area contributed by atoms with Crippen LogP contribution in [0, 0.1) is 6.92 Å². The molecule has 0 saturated carbocycles. The summed E-state index contributed by atoms with van der Waals surface area (Å²) in [5.41, 5.74) is 0.764. The zero-order valence-electron chi connectivity index (χ0n) is 8.30. The predicted molar refractivity (Wildman–Crippen MR) is 51.9 cm³/mol. The van der Waals surface area contributed by atoms with Crippen molar-refractivity contribution in [3.8, 4) is 0 Å². The third-order valence-corrected chi connectivity index (χ3v) is 2.02. The highest BCUT2D eigenvalue weighted by atomic mass is 32.2. The van der Waals surface area contributed by atoms with Crippen molar-refractivity contribution in [1.29, 1.82) is 0 Å². The molecule has 0 aliphatic carbocycles. The molecule has 0 atom stereocenters. The first-order valence-corrected chi connectivity index (χ1v) is 5.86. The van der Waals surface area contributed by atoms with Gasteiger partial charge in [-0.15, -0.1) is 0 Å². The number of aryl methyl sites for hydroxylation is 1. The minimum atomic E-state index is -3.60. The molecule has 0 N–H and O–H groups in total. The first-order chi connectivity index (χ1) is 6.88. The quantitative estimate of drug-likeness (QED) is 0.532. The van der Waals surface area contributed by atoms with Crippen LogP contribution in [-0.4, -0.2) is 37.0 Å². The molecule has 7 heteroatoms. The number of aromatic nitrogens is 2. The van der Waals surface area contributed by atoms with E-state index in [0.29, 0.717) is 5.69 Å². The number of rotatable bonds is 4. The topological polar surface area (TPSA) is 86.2 Å². The summed E-state index contributed by atoms with van der Waals surface area (Å²) >= 11 is 0. The summed E-state index contributed by atoms with van der Waals surface area (Å²) in [4.78, 5) is 19.0. The first kappa shape index (κ1) is 11.7. The van der Waals surface area contributed by atoms with Crippen LogP contribution < -0.4 is 0 Å². The van der Waals surface area contributed by atoms with Crippen LogP contribution in [0.2, 0.25) is 0 Å². The molecule has 0 fully saturated rings. The van der Waals surface area contributed by atoms with Gasteiger partial charge in [-0.25, -0.2) is 4.98 Å². The van der Waals surface area contributed by atoms with Gasteiger partial charge >= 0.3 is 0 Å². The van der Waals surface area contributed by atoms with Crippen molar-refractivity contribution in [2.24, 2.45) is 0 Å². The van der Waals surface area contributed by atoms with Crippen LogP contribution in [0.15, 0.2) is 12.4 Å². The number of nitrogens with zero attached hydrogens (tertiary/aromatic N) is 2. The maximum atomic E-state index is 11.3. The molecule has 82 valence electrons. The summed E-state index contributed by atoms with van der Waals surface area (Å²) < 4.78 is 25.6. The number of hydrogen-bond acceptors (Lipinski definition) is 6. The molecule has 0 amide bonds. The van der Waals surface area contributed by atoms with E-state index >= 15 is 0 Å². The van der Waals surface area contributed by atoms with Gasteiger partial charge in [-0.05, 0) is 6.92 Å². The average molecular weight is 230 g/mol. The summed E-state index contributed by atoms with van der Waals surface area (Å²) in [7, 11) is -3.60. The molecule has 1 aromatic rings. The average Bonchev–Trinajstić information content (AvgIpc) is 2.14. The van der Waals surface area contributed by atoms with Gasteiger partial charge in [0.1, 0.15) is 12.3 Å². The lowest BCUT2D eigenvalue weighted by atomic mass is 10.3. The minimum Gasteiger partial charge on any atom is -0.290 e. The molecule has 1 rings (SSSR count). The van der Waals surface area contributed by atoms with Crippen molar-refractivity contribution < 1.29 is 17.4 Å². The highest BCUT2D eigenvalue weighted by Gasteiger charge is 2.11. The smallest absolute Gasteiger partial charge is 0.264 e. The molecular weight excluding hydrogens is 220 g/mol. The van der Waals surface area contributed by atoms with E-state index in [4.69, 9.17) is 0 Å². The molecule has 1 heterocycles. The maximum Gasteiger partial charge on any atom is 0.264 e. The van der Waals surface area contributed by atoms with Crippen LogP contribution >= 0.6 is 0 Å². The number of carbonyl (C=O) groups is 1. The Kier molecular flexibility index (Phi) is 3.48. The Hall–Kier alpha value is -1.34. The summed E-state index contributed by atoms with van der Waals surface area (Å²) in [6, 6.07) is 0. The molecule has 0 aliphatic rings. The van der Waals surface area contributed by atoms with Crippen molar-refractivity contribution in [1.82, 2.24) is 9.97 Å².